The lowest BCUT2D eigenvalue weighted by atomic mass is 9.90. The van der Waals surface area contributed by atoms with Crippen molar-refractivity contribution in [2.75, 3.05) is 5.01 Å². The number of Topliss-reactive ketones (excluding diaryl/α,β-unsaturated/α-hetero) is 1. The number of carbonyl (C=O) groups is 1. The highest BCUT2D eigenvalue weighted by Gasteiger charge is 2.43. The van der Waals surface area contributed by atoms with Crippen molar-refractivity contribution in [1.82, 2.24) is 5.43 Å². The SMILES string of the molecule is O=C(C1=NC2(CCCCCCC2)N(c2ccc(Cl)cc2)N1)c1cccs1. The van der Waals surface area contributed by atoms with Crippen molar-refractivity contribution < 1.29 is 4.79 Å². The predicted octanol–water partition coefficient (Wildman–Crippen LogP) is 5.45. The summed E-state index contributed by atoms with van der Waals surface area (Å²) in [5.41, 5.74) is 3.92. The molecule has 2 heterocycles. The average molecular weight is 388 g/mol. The van der Waals surface area contributed by atoms with E-state index in [2.05, 4.69) is 10.4 Å². The van der Waals surface area contributed by atoms with Crippen LogP contribution in [0.3, 0.4) is 0 Å². The number of nitrogens with zero attached hydrogens (tertiary/aromatic N) is 2. The van der Waals surface area contributed by atoms with Crippen molar-refractivity contribution in [3.63, 3.8) is 0 Å². The monoisotopic (exact) mass is 387 g/mol. The fraction of sp³-hybridized carbons (Fsp3) is 0.400. The first-order chi connectivity index (χ1) is 12.7. The van der Waals surface area contributed by atoms with Crippen LogP contribution >= 0.6 is 22.9 Å². The number of anilines is 1. The molecule has 6 heteroatoms. The zero-order valence-electron chi connectivity index (χ0n) is 14.6. The summed E-state index contributed by atoms with van der Waals surface area (Å²) >= 11 is 7.52. The molecule has 0 bridgehead atoms. The van der Waals surface area contributed by atoms with Crippen LogP contribution in [-0.2, 0) is 0 Å². The van der Waals surface area contributed by atoms with Crippen LogP contribution in [0.25, 0.3) is 0 Å². The first-order valence-electron chi connectivity index (χ1n) is 9.18. The molecule has 1 aromatic carbocycles. The molecule has 0 unspecified atom stereocenters. The Labute approximate surface area is 162 Å². The van der Waals surface area contributed by atoms with Crippen LogP contribution in [0.5, 0.6) is 0 Å². The van der Waals surface area contributed by atoms with Crippen molar-refractivity contribution in [1.29, 1.82) is 0 Å². The third-order valence-corrected chi connectivity index (χ3v) is 6.27. The summed E-state index contributed by atoms with van der Waals surface area (Å²) in [5.74, 6) is 0.417. The van der Waals surface area contributed by atoms with Gasteiger partial charge in [0.15, 0.2) is 11.5 Å². The van der Waals surface area contributed by atoms with Crippen LogP contribution < -0.4 is 10.4 Å². The minimum atomic E-state index is -0.392. The van der Waals surface area contributed by atoms with Gasteiger partial charge in [0.05, 0.1) is 10.6 Å². The van der Waals surface area contributed by atoms with Gasteiger partial charge in [-0.3, -0.25) is 15.2 Å². The summed E-state index contributed by atoms with van der Waals surface area (Å²) in [5, 5.41) is 4.72. The van der Waals surface area contributed by atoms with E-state index in [1.165, 1.54) is 30.6 Å². The maximum absolute atomic E-state index is 12.9. The van der Waals surface area contributed by atoms with Crippen LogP contribution in [0.1, 0.15) is 54.6 Å². The van der Waals surface area contributed by atoms with Crippen LogP contribution in [0.15, 0.2) is 46.8 Å². The molecule has 26 heavy (non-hydrogen) atoms. The molecule has 4 rings (SSSR count). The fourth-order valence-electron chi connectivity index (χ4n) is 3.82. The van der Waals surface area contributed by atoms with E-state index < -0.39 is 5.66 Å². The number of ketones is 1. The highest BCUT2D eigenvalue weighted by molar-refractivity contribution is 7.13. The second-order valence-electron chi connectivity index (χ2n) is 6.94. The number of nitrogens with one attached hydrogen (secondary N) is 1. The lowest BCUT2D eigenvalue weighted by Crippen LogP contribution is -2.51. The van der Waals surface area contributed by atoms with E-state index in [0.717, 1.165) is 36.2 Å². The van der Waals surface area contributed by atoms with Gasteiger partial charge in [0.1, 0.15) is 0 Å². The molecule has 4 nitrogen and oxygen atoms in total. The minimum Gasteiger partial charge on any atom is -0.284 e. The smallest absolute Gasteiger partial charge is 0.239 e. The number of benzene rings is 1. The lowest BCUT2D eigenvalue weighted by Gasteiger charge is -2.38. The van der Waals surface area contributed by atoms with Gasteiger partial charge in [-0.05, 0) is 61.4 Å². The first kappa shape index (κ1) is 17.6. The predicted molar refractivity (Wildman–Crippen MR) is 108 cm³/mol. The zero-order valence-corrected chi connectivity index (χ0v) is 16.2. The first-order valence-corrected chi connectivity index (χ1v) is 10.4. The molecule has 0 saturated heterocycles. The van der Waals surface area contributed by atoms with E-state index in [1.807, 2.05) is 41.8 Å². The van der Waals surface area contributed by atoms with Gasteiger partial charge in [-0.25, -0.2) is 4.99 Å². The van der Waals surface area contributed by atoms with Crippen molar-refractivity contribution in [3.8, 4) is 0 Å². The number of aliphatic imine (C=N–C) groups is 1. The number of thiophene rings is 1. The summed E-state index contributed by atoms with van der Waals surface area (Å²) in [6, 6.07) is 11.5. The van der Waals surface area contributed by atoms with Crippen molar-refractivity contribution >= 4 is 40.2 Å². The highest BCUT2D eigenvalue weighted by atomic mass is 35.5. The number of amidine groups is 1. The van der Waals surface area contributed by atoms with Gasteiger partial charge in [0.25, 0.3) is 0 Å². The number of hydrazine groups is 1. The molecule has 1 aliphatic heterocycles. The van der Waals surface area contributed by atoms with Crippen molar-refractivity contribution in [2.45, 2.75) is 50.6 Å². The van der Waals surface area contributed by atoms with Crippen LogP contribution in [0, 0.1) is 0 Å². The Morgan fingerprint density at radius 2 is 1.77 bits per heavy atom. The molecule has 1 saturated carbocycles. The fourth-order valence-corrected chi connectivity index (χ4v) is 4.61. The number of halogens is 1. The molecular weight excluding hydrogens is 366 g/mol. The molecular formula is C20H22ClN3OS. The van der Waals surface area contributed by atoms with Crippen molar-refractivity contribution in [2.24, 2.45) is 4.99 Å². The summed E-state index contributed by atoms with van der Waals surface area (Å²) in [7, 11) is 0. The van der Waals surface area contributed by atoms with Gasteiger partial charge in [-0.1, -0.05) is 36.9 Å². The Balaban J connectivity index is 1.70. The Morgan fingerprint density at radius 3 is 2.42 bits per heavy atom. The standard InChI is InChI=1S/C20H22ClN3OS/c21-15-8-10-16(11-9-15)24-20(12-4-2-1-3-5-13-20)22-19(23-24)18(25)17-7-6-14-26-17/h6-11,14H,1-5,12-13H2,(H,22,23). The normalized spacial score (nSPS) is 19.6. The third-order valence-electron chi connectivity index (χ3n) is 5.15. The van der Waals surface area contributed by atoms with Crippen molar-refractivity contribution in [3.05, 3.63) is 51.7 Å². The van der Waals surface area contributed by atoms with Crippen LogP contribution in [0.2, 0.25) is 5.02 Å². The quantitative estimate of drug-likeness (QED) is 0.712. The van der Waals surface area contributed by atoms with Gasteiger partial charge in [0, 0.05) is 5.02 Å². The van der Waals surface area contributed by atoms with E-state index in [9.17, 15) is 4.79 Å². The summed E-state index contributed by atoms with van der Waals surface area (Å²) in [4.78, 5) is 18.6. The average Bonchev–Trinajstić information content (AvgIpc) is 3.28. The van der Waals surface area contributed by atoms with E-state index in [0.29, 0.717) is 10.9 Å². The number of rotatable bonds is 3. The Morgan fingerprint density at radius 1 is 1.08 bits per heavy atom. The van der Waals surface area contributed by atoms with Gasteiger partial charge in [-0.2, -0.15) is 0 Å². The Hall–Kier alpha value is -1.85. The topological polar surface area (TPSA) is 44.7 Å². The molecule has 0 atom stereocenters. The summed E-state index contributed by atoms with van der Waals surface area (Å²) in [6.07, 6.45) is 7.87. The summed E-state index contributed by atoms with van der Waals surface area (Å²) in [6.45, 7) is 0. The third kappa shape index (κ3) is 3.38. The molecule has 1 aromatic heterocycles. The van der Waals surface area contributed by atoms with Gasteiger partial charge < -0.3 is 0 Å². The minimum absolute atomic E-state index is 0.0297. The molecule has 1 fully saturated rings. The highest BCUT2D eigenvalue weighted by Crippen LogP contribution is 2.38. The zero-order chi connectivity index (χ0) is 18.0. The maximum Gasteiger partial charge on any atom is 0.239 e. The molecule has 1 aliphatic carbocycles. The largest absolute Gasteiger partial charge is 0.284 e. The molecule has 1 spiro atoms. The van der Waals surface area contributed by atoms with E-state index in [4.69, 9.17) is 16.6 Å². The lowest BCUT2D eigenvalue weighted by molar-refractivity contribution is 0.106. The van der Waals surface area contributed by atoms with Gasteiger partial charge >= 0.3 is 0 Å². The van der Waals surface area contributed by atoms with E-state index in [1.54, 1.807) is 0 Å². The van der Waals surface area contributed by atoms with Crippen LogP contribution in [0.4, 0.5) is 5.69 Å². The Kier molecular flexibility index (Phi) is 5.00. The Bertz CT molecular complexity index is 793. The molecule has 0 amide bonds. The van der Waals surface area contributed by atoms with E-state index in [-0.39, 0.29) is 5.78 Å². The van der Waals surface area contributed by atoms with Gasteiger partial charge in [-0.15, -0.1) is 11.3 Å². The van der Waals surface area contributed by atoms with Gasteiger partial charge in [0.2, 0.25) is 5.78 Å². The molecule has 2 aromatic rings. The molecule has 2 aliphatic rings. The number of hydrogen-bond acceptors (Lipinski definition) is 5. The second kappa shape index (κ2) is 7.41. The van der Waals surface area contributed by atoms with Crippen LogP contribution in [-0.4, -0.2) is 17.3 Å². The molecule has 0 radical (unpaired) electrons. The maximum atomic E-state index is 12.9. The second-order valence-corrected chi connectivity index (χ2v) is 8.32. The van der Waals surface area contributed by atoms with E-state index >= 15 is 0 Å². The molecule has 1 N–H and O–H groups in total. The summed E-state index contributed by atoms with van der Waals surface area (Å²) < 4.78 is 0. The molecule has 136 valence electrons. The number of hydrogen-bond donors (Lipinski definition) is 1. The number of carbonyl (C=O) groups excluding carboxylic acids is 1.